The number of hydrogen-bond acceptors (Lipinski definition) is 5. The normalized spacial score (nSPS) is 12.2. The molecule has 0 fully saturated rings. The average Bonchev–Trinajstić information content (AvgIpc) is 2.48. The summed E-state index contributed by atoms with van der Waals surface area (Å²) in [5.41, 5.74) is -1.11. The van der Waals surface area contributed by atoms with Gasteiger partial charge in [0.1, 0.15) is 23.3 Å². The zero-order valence-corrected chi connectivity index (χ0v) is 14.5. The molecule has 1 aromatic carbocycles. The van der Waals surface area contributed by atoms with E-state index < -0.39 is 46.7 Å². The van der Waals surface area contributed by atoms with Crippen LogP contribution in [-0.2, 0) is 19.1 Å². The van der Waals surface area contributed by atoms with Crippen molar-refractivity contribution in [3.63, 3.8) is 0 Å². The first kappa shape index (κ1) is 20.5. The van der Waals surface area contributed by atoms with Gasteiger partial charge in [0, 0.05) is 12.5 Å². The number of amides is 1. The van der Waals surface area contributed by atoms with Crippen LogP contribution < -0.4 is 5.32 Å². The molecule has 0 radical (unpaired) electrons. The molecule has 0 bridgehead atoms. The molecule has 1 N–H and O–H groups in total. The quantitative estimate of drug-likeness (QED) is 0.791. The van der Waals surface area contributed by atoms with Crippen molar-refractivity contribution in [1.29, 1.82) is 0 Å². The first-order valence-corrected chi connectivity index (χ1v) is 7.59. The number of rotatable bonds is 6. The maximum atomic E-state index is 13.6. The molecule has 0 aliphatic carbocycles. The summed E-state index contributed by atoms with van der Waals surface area (Å²) in [4.78, 5) is 35.6. The standard InChI is InChI=1S/C17H21F2NO5/c1-17(2,3)25-14(21)8-7-13(16(23)24-4)20-15(22)11-6-5-10(18)9-12(11)19/h5-6,9,13H,7-8H2,1-4H3,(H,20,22)/t13-/m1/s1. The fraction of sp³-hybridized carbons (Fsp3) is 0.471. The number of carbonyl (C=O) groups excluding carboxylic acids is 3. The maximum Gasteiger partial charge on any atom is 0.328 e. The molecule has 6 nitrogen and oxygen atoms in total. The Morgan fingerprint density at radius 3 is 2.36 bits per heavy atom. The number of esters is 2. The lowest BCUT2D eigenvalue weighted by Gasteiger charge is -2.21. The van der Waals surface area contributed by atoms with E-state index in [2.05, 4.69) is 10.1 Å². The van der Waals surface area contributed by atoms with Crippen molar-refractivity contribution in [1.82, 2.24) is 5.32 Å². The molecular formula is C17H21F2NO5. The van der Waals surface area contributed by atoms with Crippen LogP contribution in [0.3, 0.4) is 0 Å². The molecule has 0 saturated carbocycles. The number of methoxy groups -OCH3 is 1. The fourth-order valence-electron chi connectivity index (χ4n) is 1.96. The third-order valence-corrected chi connectivity index (χ3v) is 3.02. The summed E-state index contributed by atoms with van der Waals surface area (Å²) in [6, 6.07) is 1.27. The molecule has 1 rings (SSSR count). The summed E-state index contributed by atoms with van der Waals surface area (Å²) in [6.07, 6.45) is -0.237. The van der Waals surface area contributed by atoms with Gasteiger partial charge < -0.3 is 14.8 Å². The average molecular weight is 357 g/mol. The number of ether oxygens (including phenoxy) is 2. The zero-order valence-electron chi connectivity index (χ0n) is 14.5. The summed E-state index contributed by atoms with van der Waals surface area (Å²) < 4.78 is 36.2. The van der Waals surface area contributed by atoms with Crippen LogP contribution in [0.25, 0.3) is 0 Å². The van der Waals surface area contributed by atoms with Gasteiger partial charge >= 0.3 is 11.9 Å². The molecule has 1 aromatic rings. The van der Waals surface area contributed by atoms with Gasteiger partial charge in [0.15, 0.2) is 0 Å². The van der Waals surface area contributed by atoms with Crippen LogP contribution in [0, 0.1) is 11.6 Å². The van der Waals surface area contributed by atoms with E-state index in [9.17, 15) is 23.2 Å². The molecular weight excluding hydrogens is 336 g/mol. The Balaban J connectivity index is 2.77. The van der Waals surface area contributed by atoms with E-state index in [-0.39, 0.29) is 12.8 Å². The van der Waals surface area contributed by atoms with Crippen molar-refractivity contribution in [2.24, 2.45) is 0 Å². The summed E-state index contributed by atoms with van der Waals surface area (Å²) >= 11 is 0. The van der Waals surface area contributed by atoms with E-state index in [0.29, 0.717) is 6.07 Å². The Morgan fingerprint density at radius 2 is 1.84 bits per heavy atom. The summed E-state index contributed by atoms with van der Waals surface area (Å²) in [6.45, 7) is 5.09. The molecule has 0 spiro atoms. The second-order valence-electron chi connectivity index (χ2n) is 6.30. The topological polar surface area (TPSA) is 81.7 Å². The van der Waals surface area contributed by atoms with E-state index in [4.69, 9.17) is 4.74 Å². The second-order valence-corrected chi connectivity index (χ2v) is 6.30. The number of hydrogen-bond donors (Lipinski definition) is 1. The van der Waals surface area contributed by atoms with E-state index in [1.165, 1.54) is 0 Å². The summed E-state index contributed by atoms with van der Waals surface area (Å²) in [7, 11) is 1.12. The first-order chi connectivity index (χ1) is 11.5. The van der Waals surface area contributed by atoms with Gasteiger partial charge in [-0.1, -0.05) is 0 Å². The largest absolute Gasteiger partial charge is 0.467 e. The highest BCUT2D eigenvalue weighted by atomic mass is 19.1. The highest BCUT2D eigenvalue weighted by Crippen LogP contribution is 2.13. The minimum Gasteiger partial charge on any atom is -0.467 e. The van der Waals surface area contributed by atoms with Crippen molar-refractivity contribution < 1.29 is 32.6 Å². The first-order valence-electron chi connectivity index (χ1n) is 7.59. The summed E-state index contributed by atoms with van der Waals surface area (Å²) in [5, 5.41) is 2.28. The van der Waals surface area contributed by atoms with Crippen LogP contribution in [0.5, 0.6) is 0 Å². The lowest BCUT2D eigenvalue weighted by Crippen LogP contribution is -2.42. The van der Waals surface area contributed by atoms with Gasteiger partial charge in [-0.15, -0.1) is 0 Å². The molecule has 0 heterocycles. The van der Waals surface area contributed by atoms with Crippen molar-refractivity contribution in [3.05, 3.63) is 35.4 Å². The zero-order chi connectivity index (χ0) is 19.2. The number of carbonyl (C=O) groups is 3. The van der Waals surface area contributed by atoms with Gasteiger partial charge in [-0.25, -0.2) is 13.6 Å². The molecule has 138 valence electrons. The van der Waals surface area contributed by atoms with Crippen molar-refractivity contribution >= 4 is 17.8 Å². The Labute approximate surface area is 144 Å². The smallest absolute Gasteiger partial charge is 0.328 e. The van der Waals surface area contributed by atoms with E-state index >= 15 is 0 Å². The van der Waals surface area contributed by atoms with Crippen LogP contribution in [0.15, 0.2) is 18.2 Å². The minimum atomic E-state index is -1.17. The predicted octanol–water partition coefficient (Wildman–Crippen LogP) is 2.36. The van der Waals surface area contributed by atoms with Gasteiger partial charge in [0.25, 0.3) is 5.91 Å². The molecule has 1 atom stereocenters. The van der Waals surface area contributed by atoms with Crippen LogP contribution >= 0.6 is 0 Å². The summed E-state index contributed by atoms with van der Waals surface area (Å²) in [5.74, 6) is -4.16. The van der Waals surface area contributed by atoms with E-state index in [1.807, 2.05) is 0 Å². The predicted molar refractivity (Wildman–Crippen MR) is 84.7 cm³/mol. The van der Waals surface area contributed by atoms with Crippen LogP contribution in [0.2, 0.25) is 0 Å². The molecule has 0 unspecified atom stereocenters. The van der Waals surface area contributed by atoms with Gasteiger partial charge in [0.05, 0.1) is 12.7 Å². The highest BCUT2D eigenvalue weighted by molar-refractivity contribution is 5.97. The second kappa shape index (κ2) is 8.55. The fourth-order valence-corrected chi connectivity index (χ4v) is 1.96. The molecule has 8 heteroatoms. The third-order valence-electron chi connectivity index (χ3n) is 3.02. The van der Waals surface area contributed by atoms with Crippen molar-refractivity contribution in [2.75, 3.05) is 7.11 Å². The van der Waals surface area contributed by atoms with E-state index in [0.717, 1.165) is 19.2 Å². The minimum absolute atomic E-state index is 0.0872. The Bertz CT molecular complexity index is 655. The lowest BCUT2D eigenvalue weighted by molar-refractivity contribution is -0.155. The van der Waals surface area contributed by atoms with Gasteiger partial charge in [-0.3, -0.25) is 9.59 Å². The third kappa shape index (κ3) is 6.86. The Morgan fingerprint density at radius 1 is 1.20 bits per heavy atom. The molecule has 0 aromatic heterocycles. The highest BCUT2D eigenvalue weighted by Gasteiger charge is 2.26. The molecule has 0 saturated heterocycles. The number of benzene rings is 1. The lowest BCUT2D eigenvalue weighted by atomic mass is 10.1. The van der Waals surface area contributed by atoms with Gasteiger partial charge in [-0.2, -0.15) is 0 Å². The molecule has 0 aliphatic heterocycles. The van der Waals surface area contributed by atoms with E-state index in [1.54, 1.807) is 20.8 Å². The van der Waals surface area contributed by atoms with Gasteiger partial charge in [0.2, 0.25) is 0 Å². The number of halogens is 2. The van der Waals surface area contributed by atoms with Crippen LogP contribution in [0.4, 0.5) is 8.78 Å². The SMILES string of the molecule is COC(=O)[C@@H](CCC(=O)OC(C)(C)C)NC(=O)c1ccc(F)cc1F. The molecule has 1 amide bonds. The number of nitrogens with one attached hydrogen (secondary N) is 1. The Hall–Kier alpha value is -2.51. The molecule has 0 aliphatic rings. The Kier molecular flexibility index (Phi) is 7.02. The van der Waals surface area contributed by atoms with Crippen molar-refractivity contribution in [3.8, 4) is 0 Å². The maximum absolute atomic E-state index is 13.6. The van der Waals surface area contributed by atoms with Crippen LogP contribution in [-0.4, -0.2) is 36.6 Å². The van der Waals surface area contributed by atoms with Crippen molar-refractivity contribution in [2.45, 2.75) is 45.3 Å². The van der Waals surface area contributed by atoms with Crippen LogP contribution in [0.1, 0.15) is 44.0 Å². The van der Waals surface area contributed by atoms with Gasteiger partial charge in [-0.05, 0) is 39.3 Å². The molecule has 25 heavy (non-hydrogen) atoms. The monoisotopic (exact) mass is 357 g/mol.